The van der Waals surface area contributed by atoms with E-state index in [0.29, 0.717) is 22.4 Å². The predicted octanol–water partition coefficient (Wildman–Crippen LogP) is 2.74. The fourth-order valence-electron chi connectivity index (χ4n) is 4.45. The van der Waals surface area contributed by atoms with Crippen LogP contribution in [0.1, 0.15) is 49.8 Å². The molecule has 1 fully saturated rings. The van der Waals surface area contributed by atoms with Crippen LogP contribution in [0.3, 0.4) is 0 Å². The van der Waals surface area contributed by atoms with Gasteiger partial charge in [0.25, 0.3) is 5.91 Å². The fraction of sp³-hybridized carbons (Fsp3) is 0.412. The molecule has 0 spiro atoms. The zero-order valence-electron chi connectivity index (χ0n) is 13.3. The molecule has 4 aliphatic rings. The van der Waals surface area contributed by atoms with Crippen LogP contribution in [0.25, 0.3) is 0 Å². The summed E-state index contributed by atoms with van der Waals surface area (Å²) in [6.45, 7) is 3.61. The number of hydrogen-bond acceptors (Lipinski definition) is 5. The monoisotopic (exact) mass is 343 g/mol. The predicted molar refractivity (Wildman–Crippen MR) is 89.3 cm³/mol. The van der Waals surface area contributed by atoms with Crippen molar-refractivity contribution in [3.8, 4) is 11.8 Å². The Balaban J connectivity index is 1.55. The van der Waals surface area contributed by atoms with Gasteiger partial charge in [-0.25, -0.2) is 4.98 Å². The summed E-state index contributed by atoms with van der Waals surface area (Å²) in [5, 5.41) is 22.1. The van der Waals surface area contributed by atoms with Gasteiger partial charge < -0.3 is 10.2 Å². The van der Waals surface area contributed by atoms with Crippen molar-refractivity contribution in [1.82, 2.24) is 9.66 Å². The number of nitrogens with zero attached hydrogens (tertiary/aromatic N) is 2. The van der Waals surface area contributed by atoms with E-state index < -0.39 is 0 Å². The summed E-state index contributed by atoms with van der Waals surface area (Å²) in [6, 6.07) is 0. The summed E-state index contributed by atoms with van der Waals surface area (Å²) in [7, 11) is 0. The highest BCUT2D eigenvalue weighted by Crippen LogP contribution is 2.67. The van der Waals surface area contributed by atoms with Gasteiger partial charge in [0.15, 0.2) is 0 Å². The molecule has 0 aromatic carbocycles. The van der Waals surface area contributed by atoms with E-state index in [1.165, 1.54) is 11.3 Å². The van der Waals surface area contributed by atoms with Crippen molar-refractivity contribution in [1.29, 1.82) is 0 Å². The van der Waals surface area contributed by atoms with Gasteiger partial charge in [-0.1, -0.05) is 12.2 Å². The summed E-state index contributed by atoms with van der Waals surface area (Å²) in [5.74, 6) is 0.935. The summed E-state index contributed by atoms with van der Waals surface area (Å²) in [6.07, 6.45) is 5.40. The number of thiazole rings is 1. The largest absolute Gasteiger partial charge is 0.493 e. The van der Waals surface area contributed by atoms with Crippen LogP contribution < -0.4 is 5.43 Å². The van der Waals surface area contributed by atoms with E-state index in [0.717, 1.165) is 27.2 Å². The first kappa shape index (κ1) is 14.1. The molecule has 0 radical (unpaired) electrons. The number of aryl methyl sites for hydroxylation is 2. The molecule has 2 heterocycles. The number of nitrogens with one attached hydrogen (secondary N) is 1. The van der Waals surface area contributed by atoms with Gasteiger partial charge in [0.1, 0.15) is 4.88 Å². The van der Waals surface area contributed by atoms with Crippen molar-refractivity contribution in [2.24, 2.45) is 11.8 Å². The van der Waals surface area contributed by atoms with E-state index in [1.807, 2.05) is 6.92 Å². The molecule has 1 amide bonds. The Morgan fingerprint density at radius 3 is 2.29 bits per heavy atom. The maximum absolute atomic E-state index is 12.5. The average Bonchev–Trinajstić information content (AvgIpc) is 3.26. The lowest BCUT2D eigenvalue weighted by atomic mass is 9.73. The van der Waals surface area contributed by atoms with Crippen LogP contribution in [-0.4, -0.2) is 25.8 Å². The first-order valence-corrected chi connectivity index (χ1v) is 8.89. The number of aromatic nitrogens is 2. The van der Waals surface area contributed by atoms with E-state index in [2.05, 4.69) is 22.6 Å². The Labute approximate surface area is 142 Å². The molecule has 4 aliphatic carbocycles. The van der Waals surface area contributed by atoms with Gasteiger partial charge in [-0.05, 0) is 32.1 Å². The van der Waals surface area contributed by atoms with Crippen LogP contribution in [0.5, 0.6) is 11.8 Å². The van der Waals surface area contributed by atoms with Crippen LogP contribution in [0.2, 0.25) is 0 Å². The van der Waals surface area contributed by atoms with Crippen LogP contribution in [0.15, 0.2) is 12.2 Å². The third kappa shape index (κ3) is 1.65. The van der Waals surface area contributed by atoms with E-state index in [4.69, 9.17) is 0 Å². The highest BCUT2D eigenvalue weighted by Gasteiger charge is 2.57. The van der Waals surface area contributed by atoms with E-state index in [1.54, 1.807) is 6.92 Å². The Morgan fingerprint density at radius 1 is 1.21 bits per heavy atom. The molecule has 3 N–H and O–H groups in total. The molecule has 2 bridgehead atoms. The van der Waals surface area contributed by atoms with E-state index in [-0.39, 0.29) is 29.5 Å². The Hall–Kier alpha value is -2.28. The van der Waals surface area contributed by atoms with Crippen molar-refractivity contribution >= 4 is 17.2 Å². The molecule has 0 saturated heterocycles. The normalized spacial score (nSPS) is 28.6. The van der Waals surface area contributed by atoms with Crippen molar-refractivity contribution < 1.29 is 15.0 Å². The fourth-order valence-corrected chi connectivity index (χ4v) is 5.26. The Bertz CT molecular complexity index is 885. The van der Waals surface area contributed by atoms with Gasteiger partial charge in [-0.15, -0.1) is 11.3 Å². The molecular weight excluding hydrogens is 326 g/mol. The molecular formula is C17H17N3O3S. The molecule has 4 atom stereocenters. The topological polar surface area (TPSA) is 87.4 Å². The number of carbonyl (C=O) groups excluding carboxylic acids is 1. The first-order chi connectivity index (χ1) is 11.5. The molecule has 1 saturated carbocycles. The second-order valence-electron chi connectivity index (χ2n) is 6.90. The molecule has 24 heavy (non-hydrogen) atoms. The minimum atomic E-state index is -0.374. The maximum atomic E-state index is 12.5. The molecule has 2 aromatic heterocycles. The van der Waals surface area contributed by atoms with Gasteiger partial charge in [0, 0.05) is 23.0 Å². The SMILES string of the molecule is Cc1nc(C)c(C(=O)Nn2c(O)c3c(c2O)C2C=CC3C3CC23)s1. The molecule has 6 rings (SSSR count). The van der Waals surface area contributed by atoms with Gasteiger partial charge in [0.2, 0.25) is 11.8 Å². The summed E-state index contributed by atoms with van der Waals surface area (Å²) >= 11 is 1.30. The van der Waals surface area contributed by atoms with Crippen molar-refractivity contribution in [3.05, 3.63) is 38.9 Å². The number of rotatable bonds is 2. The van der Waals surface area contributed by atoms with E-state index >= 15 is 0 Å². The summed E-state index contributed by atoms with van der Waals surface area (Å²) in [4.78, 5) is 17.3. The van der Waals surface area contributed by atoms with Gasteiger partial charge in [-0.3, -0.25) is 10.2 Å². The third-order valence-corrected chi connectivity index (χ3v) is 6.60. The zero-order chi connectivity index (χ0) is 16.7. The standard InChI is InChI=1S/C17H17N3O3S/c1-6-14(24-7(2)18-6)15(21)19-20-16(22)12-8-3-4-9(11-5-10(8)11)13(12)17(20)23/h3-4,8-11,22-23H,5H2,1-2H3,(H,19,21). The van der Waals surface area contributed by atoms with E-state index in [9.17, 15) is 15.0 Å². The lowest BCUT2D eigenvalue weighted by molar-refractivity contribution is 0.101. The van der Waals surface area contributed by atoms with Crippen LogP contribution in [0, 0.1) is 25.7 Å². The van der Waals surface area contributed by atoms with Crippen molar-refractivity contribution in [3.63, 3.8) is 0 Å². The highest BCUT2D eigenvalue weighted by molar-refractivity contribution is 7.13. The second kappa shape index (κ2) is 4.42. The zero-order valence-corrected chi connectivity index (χ0v) is 14.1. The average molecular weight is 343 g/mol. The quantitative estimate of drug-likeness (QED) is 0.732. The third-order valence-electron chi connectivity index (χ3n) is 5.52. The molecule has 2 aromatic rings. The Morgan fingerprint density at radius 2 is 1.79 bits per heavy atom. The Kier molecular flexibility index (Phi) is 2.59. The van der Waals surface area contributed by atoms with Crippen LogP contribution in [0.4, 0.5) is 0 Å². The molecule has 7 heteroatoms. The maximum Gasteiger partial charge on any atom is 0.282 e. The first-order valence-electron chi connectivity index (χ1n) is 8.07. The number of carbonyl (C=O) groups is 1. The number of hydrogen-bond donors (Lipinski definition) is 3. The van der Waals surface area contributed by atoms with Crippen LogP contribution >= 0.6 is 11.3 Å². The minimum Gasteiger partial charge on any atom is -0.493 e. The van der Waals surface area contributed by atoms with Crippen LogP contribution in [-0.2, 0) is 0 Å². The van der Waals surface area contributed by atoms with Gasteiger partial charge in [0.05, 0.1) is 10.7 Å². The number of aromatic hydroxyl groups is 2. The minimum absolute atomic E-state index is 0.0561. The highest BCUT2D eigenvalue weighted by atomic mass is 32.1. The number of allylic oxidation sites excluding steroid dienone is 2. The van der Waals surface area contributed by atoms with Crippen molar-refractivity contribution in [2.45, 2.75) is 32.1 Å². The summed E-state index contributed by atoms with van der Waals surface area (Å²) in [5.41, 5.74) is 4.82. The smallest absolute Gasteiger partial charge is 0.282 e. The molecule has 124 valence electrons. The lowest BCUT2D eigenvalue weighted by Gasteiger charge is -2.29. The number of amides is 1. The second-order valence-corrected chi connectivity index (χ2v) is 8.10. The molecule has 0 aliphatic heterocycles. The molecule has 4 unspecified atom stereocenters. The van der Waals surface area contributed by atoms with Crippen molar-refractivity contribution in [2.75, 3.05) is 5.43 Å². The van der Waals surface area contributed by atoms with Gasteiger partial charge in [-0.2, -0.15) is 4.68 Å². The van der Waals surface area contributed by atoms with Gasteiger partial charge >= 0.3 is 0 Å². The molecule has 6 nitrogen and oxygen atoms in total. The summed E-state index contributed by atoms with van der Waals surface area (Å²) < 4.78 is 1.12. The lowest BCUT2D eigenvalue weighted by Crippen LogP contribution is -2.22.